The van der Waals surface area contributed by atoms with Crippen LogP contribution < -0.4 is 14.9 Å². The van der Waals surface area contributed by atoms with Crippen LogP contribution in [0.5, 0.6) is 11.5 Å². The molecule has 126 valence electrons. The zero-order valence-corrected chi connectivity index (χ0v) is 14.1. The molecule has 4 nitrogen and oxygen atoms in total. The predicted octanol–water partition coefficient (Wildman–Crippen LogP) is 4.72. The minimum Gasteiger partial charge on any atom is -0.493 e. The van der Waals surface area contributed by atoms with E-state index in [9.17, 15) is 0 Å². The number of nitrogens with zero attached hydrogens (tertiary/aromatic N) is 1. The van der Waals surface area contributed by atoms with Gasteiger partial charge in [-0.1, -0.05) is 48.5 Å². The molecule has 0 fully saturated rings. The lowest BCUT2D eigenvalue weighted by Gasteiger charge is -2.11. The fraction of sp³-hybridized carbons (Fsp3) is 0.0952. The lowest BCUT2D eigenvalue weighted by molar-refractivity contribution is 0.284. The first-order valence-electron chi connectivity index (χ1n) is 8.04. The molecule has 0 aliphatic carbocycles. The van der Waals surface area contributed by atoms with E-state index in [4.69, 9.17) is 9.47 Å². The molecule has 0 spiro atoms. The van der Waals surface area contributed by atoms with E-state index in [1.807, 2.05) is 78.9 Å². The second-order valence-electron chi connectivity index (χ2n) is 5.42. The van der Waals surface area contributed by atoms with E-state index in [0.29, 0.717) is 18.1 Å². The summed E-state index contributed by atoms with van der Waals surface area (Å²) in [5.74, 6) is 1.39. The van der Waals surface area contributed by atoms with Crippen molar-refractivity contribution in [3.05, 3.63) is 90.0 Å². The van der Waals surface area contributed by atoms with E-state index in [2.05, 4.69) is 10.5 Å². The van der Waals surface area contributed by atoms with Gasteiger partial charge in [0.2, 0.25) is 0 Å². The molecule has 0 bridgehead atoms. The van der Waals surface area contributed by atoms with Gasteiger partial charge in [-0.05, 0) is 41.5 Å². The molecule has 0 unspecified atom stereocenters. The number of benzene rings is 3. The molecule has 0 aliphatic rings. The summed E-state index contributed by atoms with van der Waals surface area (Å²) in [6.07, 6.45) is 1.75. The highest BCUT2D eigenvalue weighted by Crippen LogP contribution is 2.28. The van der Waals surface area contributed by atoms with Crippen molar-refractivity contribution in [3.63, 3.8) is 0 Å². The number of nitrogens with one attached hydrogen (secondary N) is 1. The average Bonchev–Trinajstić information content (AvgIpc) is 2.68. The Bertz CT molecular complexity index is 818. The first-order chi connectivity index (χ1) is 12.3. The van der Waals surface area contributed by atoms with Crippen molar-refractivity contribution in [3.8, 4) is 11.5 Å². The van der Waals surface area contributed by atoms with E-state index in [-0.39, 0.29) is 0 Å². The van der Waals surface area contributed by atoms with Crippen LogP contribution >= 0.6 is 0 Å². The topological polar surface area (TPSA) is 42.8 Å². The lowest BCUT2D eigenvalue weighted by Crippen LogP contribution is -1.99. The quantitative estimate of drug-likeness (QED) is 0.503. The smallest absolute Gasteiger partial charge is 0.162 e. The Kier molecular flexibility index (Phi) is 5.67. The van der Waals surface area contributed by atoms with Crippen LogP contribution in [-0.2, 0) is 6.61 Å². The molecule has 0 amide bonds. The fourth-order valence-corrected chi connectivity index (χ4v) is 2.32. The molecule has 0 saturated heterocycles. The van der Waals surface area contributed by atoms with E-state index in [0.717, 1.165) is 16.8 Å². The number of rotatable bonds is 7. The summed E-state index contributed by atoms with van der Waals surface area (Å²) in [5, 5.41) is 4.26. The second kappa shape index (κ2) is 8.55. The summed E-state index contributed by atoms with van der Waals surface area (Å²) in [6, 6.07) is 25.6. The van der Waals surface area contributed by atoms with Crippen LogP contribution in [0.15, 0.2) is 84.0 Å². The normalized spacial score (nSPS) is 10.6. The van der Waals surface area contributed by atoms with Gasteiger partial charge >= 0.3 is 0 Å². The van der Waals surface area contributed by atoms with Crippen LogP contribution in [0.1, 0.15) is 11.1 Å². The maximum absolute atomic E-state index is 5.91. The molecular weight excluding hydrogens is 312 g/mol. The summed E-state index contributed by atoms with van der Waals surface area (Å²) >= 11 is 0. The number of para-hydroxylation sites is 1. The van der Waals surface area contributed by atoms with Crippen molar-refractivity contribution in [1.82, 2.24) is 0 Å². The molecule has 4 heteroatoms. The Morgan fingerprint density at radius 2 is 1.60 bits per heavy atom. The van der Waals surface area contributed by atoms with E-state index < -0.39 is 0 Å². The number of anilines is 1. The van der Waals surface area contributed by atoms with Gasteiger partial charge in [-0.2, -0.15) is 5.10 Å². The third-order valence-corrected chi connectivity index (χ3v) is 3.61. The zero-order valence-electron chi connectivity index (χ0n) is 14.1. The third kappa shape index (κ3) is 4.85. The average molecular weight is 332 g/mol. The van der Waals surface area contributed by atoms with Gasteiger partial charge < -0.3 is 9.47 Å². The largest absolute Gasteiger partial charge is 0.493 e. The van der Waals surface area contributed by atoms with Crippen LogP contribution in [0.2, 0.25) is 0 Å². The summed E-state index contributed by atoms with van der Waals surface area (Å²) in [6.45, 7) is 0.486. The van der Waals surface area contributed by atoms with Gasteiger partial charge in [-0.3, -0.25) is 5.43 Å². The maximum atomic E-state index is 5.91. The van der Waals surface area contributed by atoms with Crippen LogP contribution in [0.25, 0.3) is 0 Å². The number of hydrazone groups is 1. The Balaban J connectivity index is 1.68. The van der Waals surface area contributed by atoms with Crippen LogP contribution in [0, 0.1) is 0 Å². The maximum Gasteiger partial charge on any atom is 0.162 e. The van der Waals surface area contributed by atoms with Gasteiger partial charge in [0, 0.05) is 0 Å². The molecule has 0 aliphatic heterocycles. The fourth-order valence-electron chi connectivity index (χ4n) is 2.32. The Hall–Kier alpha value is -3.27. The first-order valence-corrected chi connectivity index (χ1v) is 8.04. The number of hydrogen-bond acceptors (Lipinski definition) is 4. The van der Waals surface area contributed by atoms with E-state index in [1.54, 1.807) is 13.3 Å². The summed E-state index contributed by atoms with van der Waals surface area (Å²) in [5.41, 5.74) is 5.96. The van der Waals surface area contributed by atoms with Crippen molar-refractivity contribution in [2.24, 2.45) is 5.10 Å². The summed E-state index contributed by atoms with van der Waals surface area (Å²) in [7, 11) is 1.63. The number of methoxy groups -OCH3 is 1. The molecule has 25 heavy (non-hydrogen) atoms. The molecule has 3 aromatic carbocycles. The van der Waals surface area contributed by atoms with Crippen molar-refractivity contribution in [2.75, 3.05) is 12.5 Å². The molecule has 3 rings (SSSR count). The Morgan fingerprint density at radius 1 is 0.880 bits per heavy atom. The van der Waals surface area contributed by atoms with Gasteiger partial charge in [-0.25, -0.2) is 0 Å². The highest BCUT2D eigenvalue weighted by molar-refractivity contribution is 5.81. The monoisotopic (exact) mass is 332 g/mol. The molecule has 0 atom stereocenters. The summed E-state index contributed by atoms with van der Waals surface area (Å²) < 4.78 is 11.3. The predicted molar refractivity (Wildman–Crippen MR) is 101 cm³/mol. The Labute approximate surface area is 147 Å². The number of ether oxygens (including phenoxy) is 2. The molecule has 0 radical (unpaired) electrons. The molecular formula is C21H20N2O2. The lowest BCUT2D eigenvalue weighted by atomic mass is 10.2. The van der Waals surface area contributed by atoms with Crippen molar-refractivity contribution in [1.29, 1.82) is 0 Å². The highest BCUT2D eigenvalue weighted by Gasteiger charge is 2.05. The molecule has 0 saturated carbocycles. The van der Waals surface area contributed by atoms with Crippen LogP contribution in [-0.4, -0.2) is 13.3 Å². The van der Waals surface area contributed by atoms with Gasteiger partial charge in [0.1, 0.15) is 6.61 Å². The van der Waals surface area contributed by atoms with Crippen LogP contribution in [0.4, 0.5) is 5.69 Å². The Morgan fingerprint density at radius 3 is 2.32 bits per heavy atom. The molecule has 1 N–H and O–H groups in total. The highest BCUT2D eigenvalue weighted by atomic mass is 16.5. The molecule has 0 aromatic heterocycles. The van der Waals surface area contributed by atoms with Gasteiger partial charge in [0.15, 0.2) is 11.5 Å². The first kappa shape index (κ1) is 16.6. The van der Waals surface area contributed by atoms with E-state index in [1.165, 1.54) is 0 Å². The second-order valence-corrected chi connectivity index (χ2v) is 5.42. The minimum atomic E-state index is 0.486. The van der Waals surface area contributed by atoms with Crippen LogP contribution in [0.3, 0.4) is 0 Å². The minimum absolute atomic E-state index is 0.486. The third-order valence-electron chi connectivity index (χ3n) is 3.61. The zero-order chi connectivity index (χ0) is 17.3. The molecule has 3 aromatic rings. The van der Waals surface area contributed by atoms with E-state index >= 15 is 0 Å². The standard InChI is InChI=1S/C21H20N2O2/c1-24-20-13-12-18(15-22-23-19-10-6-3-7-11-19)14-21(20)25-16-17-8-4-2-5-9-17/h2-15,23H,16H2,1H3/b22-15-. The summed E-state index contributed by atoms with van der Waals surface area (Å²) in [4.78, 5) is 0. The van der Waals surface area contributed by atoms with Gasteiger partial charge in [0.05, 0.1) is 19.0 Å². The SMILES string of the molecule is COc1ccc(/C=N\Nc2ccccc2)cc1OCc1ccccc1. The van der Waals surface area contributed by atoms with Crippen molar-refractivity contribution in [2.45, 2.75) is 6.61 Å². The molecule has 0 heterocycles. The number of hydrogen-bond donors (Lipinski definition) is 1. The van der Waals surface area contributed by atoms with Gasteiger partial charge in [-0.15, -0.1) is 0 Å². The van der Waals surface area contributed by atoms with Gasteiger partial charge in [0.25, 0.3) is 0 Å². The van der Waals surface area contributed by atoms with Crippen molar-refractivity contribution < 1.29 is 9.47 Å². The van der Waals surface area contributed by atoms with Crippen molar-refractivity contribution >= 4 is 11.9 Å².